The molecule has 0 radical (unpaired) electrons. The predicted molar refractivity (Wildman–Crippen MR) is 93.7 cm³/mol. The third kappa shape index (κ3) is 3.09. The molecule has 3 aliphatic rings. The molecule has 0 unspecified atom stereocenters. The molecular formula is C20H28N2O2. The van der Waals surface area contributed by atoms with E-state index in [4.69, 9.17) is 4.74 Å². The van der Waals surface area contributed by atoms with E-state index in [-0.39, 0.29) is 5.60 Å². The molecule has 3 heterocycles. The maximum Gasteiger partial charge on any atom is 0.222 e. The van der Waals surface area contributed by atoms with Crippen LogP contribution in [-0.2, 0) is 16.1 Å². The van der Waals surface area contributed by atoms with E-state index in [1.54, 1.807) is 0 Å². The van der Waals surface area contributed by atoms with Gasteiger partial charge in [-0.05, 0) is 43.7 Å². The van der Waals surface area contributed by atoms with E-state index in [1.165, 1.54) is 11.1 Å². The molecule has 3 saturated heterocycles. The van der Waals surface area contributed by atoms with E-state index >= 15 is 0 Å². The molecular weight excluding hydrogens is 300 g/mol. The monoisotopic (exact) mass is 328 g/mol. The standard InChI is InChI=1S/C20H28N2O2/c1-16-5-2-3-6-17(16)14-21-11-9-20(15-21)13-18(8-12-24-20)22-10-4-7-19(22)23/h2-3,5-6,18H,4,7-15H2,1H3/t18-,20+/m0/s1. The van der Waals surface area contributed by atoms with Gasteiger partial charge in [-0.1, -0.05) is 24.3 Å². The lowest BCUT2D eigenvalue weighted by Crippen LogP contribution is -2.50. The van der Waals surface area contributed by atoms with Gasteiger partial charge in [-0.2, -0.15) is 0 Å². The van der Waals surface area contributed by atoms with Gasteiger partial charge < -0.3 is 9.64 Å². The first kappa shape index (κ1) is 16.1. The summed E-state index contributed by atoms with van der Waals surface area (Å²) < 4.78 is 6.27. The number of carbonyl (C=O) groups is 1. The molecule has 0 saturated carbocycles. The average Bonchev–Trinajstić information content (AvgIpc) is 3.17. The Hall–Kier alpha value is -1.39. The van der Waals surface area contributed by atoms with Crippen molar-refractivity contribution in [1.82, 2.24) is 9.80 Å². The number of ether oxygens (including phenoxy) is 1. The van der Waals surface area contributed by atoms with Crippen LogP contribution in [0.3, 0.4) is 0 Å². The quantitative estimate of drug-likeness (QED) is 0.855. The number of benzene rings is 1. The van der Waals surface area contributed by atoms with Crippen LogP contribution >= 0.6 is 0 Å². The minimum atomic E-state index is -0.0333. The van der Waals surface area contributed by atoms with Gasteiger partial charge in [0.15, 0.2) is 0 Å². The second-order valence-corrected chi connectivity index (χ2v) is 7.76. The Bertz CT molecular complexity index is 617. The second-order valence-electron chi connectivity index (χ2n) is 7.76. The van der Waals surface area contributed by atoms with Crippen molar-refractivity contribution < 1.29 is 9.53 Å². The van der Waals surface area contributed by atoms with Gasteiger partial charge in [0.25, 0.3) is 0 Å². The molecule has 24 heavy (non-hydrogen) atoms. The number of likely N-dealkylation sites (tertiary alicyclic amines) is 2. The zero-order valence-corrected chi connectivity index (χ0v) is 14.7. The van der Waals surface area contributed by atoms with Crippen LogP contribution < -0.4 is 0 Å². The summed E-state index contributed by atoms with van der Waals surface area (Å²) in [5.74, 6) is 0.354. The van der Waals surface area contributed by atoms with Crippen LogP contribution in [-0.4, -0.2) is 53.6 Å². The SMILES string of the molecule is Cc1ccccc1CN1CC[C@@]2(C[C@@H](N3CCCC3=O)CCO2)C1. The van der Waals surface area contributed by atoms with E-state index in [1.807, 2.05) is 0 Å². The Morgan fingerprint density at radius 1 is 1.29 bits per heavy atom. The molecule has 0 aliphatic carbocycles. The highest BCUT2D eigenvalue weighted by molar-refractivity contribution is 5.78. The molecule has 1 aromatic carbocycles. The summed E-state index contributed by atoms with van der Waals surface area (Å²) in [4.78, 5) is 16.8. The molecule has 1 aromatic rings. The first-order valence-corrected chi connectivity index (χ1v) is 9.36. The molecule has 3 aliphatic heterocycles. The molecule has 0 bridgehead atoms. The maximum atomic E-state index is 12.1. The number of nitrogens with zero attached hydrogens (tertiary/aromatic N) is 2. The van der Waals surface area contributed by atoms with E-state index < -0.39 is 0 Å². The van der Waals surface area contributed by atoms with Gasteiger partial charge in [0, 0.05) is 45.2 Å². The van der Waals surface area contributed by atoms with Gasteiger partial charge >= 0.3 is 0 Å². The van der Waals surface area contributed by atoms with Gasteiger partial charge in [0.1, 0.15) is 0 Å². The van der Waals surface area contributed by atoms with E-state index in [9.17, 15) is 4.79 Å². The zero-order chi connectivity index (χ0) is 16.6. The van der Waals surface area contributed by atoms with E-state index in [0.717, 1.165) is 64.9 Å². The third-order valence-electron chi connectivity index (χ3n) is 6.07. The van der Waals surface area contributed by atoms with Crippen molar-refractivity contribution in [2.75, 3.05) is 26.2 Å². The highest BCUT2D eigenvalue weighted by Crippen LogP contribution is 2.37. The summed E-state index contributed by atoms with van der Waals surface area (Å²) >= 11 is 0. The van der Waals surface area contributed by atoms with Crippen molar-refractivity contribution in [3.63, 3.8) is 0 Å². The molecule has 4 heteroatoms. The van der Waals surface area contributed by atoms with Gasteiger partial charge in [0.2, 0.25) is 5.91 Å². The fourth-order valence-corrected chi connectivity index (χ4v) is 4.70. The van der Waals surface area contributed by atoms with E-state index in [2.05, 4.69) is 41.0 Å². The molecule has 1 spiro atoms. The summed E-state index contributed by atoms with van der Waals surface area (Å²) in [5.41, 5.74) is 2.74. The number of hydrogen-bond donors (Lipinski definition) is 0. The first-order valence-electron chi connectivity index (χ1n) is 9.36. The summed E-state index contributed by atoms with van der Waals surface area (Å²) in [6.45, 7) is 7.03. The van der Waals surface area contributed by atoms with Crippen LogP contribution in [0.15, 0.2) is 24.3 Å². The van der Waals surface area contributed by atoms with Crippen LogP contribution in [0.1, 0.15) is 43.2 Å². The Morgan fingerprint density at radius 2 is 2.17 bits per heavy atom. The number of hydrogen-bond acceptors (Lipinski definition) is 3. The Kier molecular flexibility index (Phi) is 4.35. The molecule has 130 valence electrons. The van der Waals surface area contributed by atoms with E-state index in [0.29, 0.717) is 11.9 Å². The van der Waals surface area contributed by atoms with Gasteiger partial charge in [-0.3, -0.25) is 9.69 Å². The fourth-order valence-electron chi connectivity index (χ4n) is 4.70. The highest BCUT2D eigenvalue weighted by Gasteiger charge is 2.45. The Balaban J connectivity index is 1.41. The van der Waals surface area contributed by atoms with Crippen LogP contribution in [0.2, 0.25) is 0 Å². The lowest BCUT2D eigenvalue weighted by molar-refractivity contribution is -0.137. The Labute approximate surface area is 144 Å². The zero-order valence-electron chi connectivity index (χ0n) is 14.7. The van der Waals surface area contributed by atoms with Gasteiger partial charge in [-0.15, -0.1) is 0 Å². The topological polar surface area (TPSA) is 32.8 Å². The summed E-state index contributed by atoms with van der Waals surface area (Å²) in [5, 5.41) is 0. The van der Waals surface area contributed by atoms with Gasteiger partial charge in [-0.25, -0.2) is 0 Å². The van der Waals surface area contributed by atoms with Crippen molar-refractivity contribution in [2.45, 2.75) is 57.2 Å². The maximum absolute atomic E-state index is 12.1. The average molecular weight is 328 g/mol. The number of rotatable bonds is 3. The first-order chi connectivity index (χ1) is 11.7. The summed E-state index contributed by atoms with van der Waals surface area (Å²) in [6.07, 6.45) is 4.89. The normalized spacial score (nSPS) is 31.3. The second kappa shape index (κ2) is 6.49. The predicted octanol–water partition coefficient (Wildman–Crippen LogP) is 2.74. The summed E-state index contributed by atoms with van der Waals surface area (Å²) in [7, 11) is 0. The van der Waals surface area contributed by atoms with Crippen LogP contribution in [0, 0.1) is 6.92 Å². The smallest absolute Gasteiger partial charge is 0.222 e. The molecule has 3 fully saturated rings. The van der Waals surface area contributed by atoms with Crippen molar-refractivity contribution in [3.8, 4) is 0 Å². The van der Waals surface area contributed by atoms with Crippen molar-refractivity contribution in [3.05, 3.63) is 35.4 Å². The molecule has 4 nitrogen and oxygen atoms in total. The lowest BCUT2D eigenvalue weighted by Gasteiger charge is -2.41. The van der Waals surface area contributed by atoms with Crippen molar-refractivity contribution in [2.24, 2.45) is 0 Å². The van der Waals surface area contributed by atoms with Crippen LogP contribution in [0.4, 0.5) is 0 Å². The minimum Gasteiger partial charge on any atom is -0.373 e. The molecule has 2 atom stereocenters. The lowest BCUT2D eigenvalue weighted by atomic mass is 9.89. The number of aryl methyl sites for hydroxylation is 1. The molecule has 1 amide bonds. The fraction of sp³-hybridized carbons (Fsp3) is 0.650. The van der Waals surface area contributed by atoms with Gasteiger partial charge in [0.05, 0.1) is 5.60 Å². The van der Waals surface area contributed by atoms with Crippen LogP contribution in [0.5, 0.6) is 0 Å². The molecule has 0 aromatic heterocycles. The largest absolute Gasteiger partial charge is 0.373 e. The molecule has 4 rings (SSSR count). The Morgan fingerprint density at radius 3 is 2.96 bits per heavy atom. The minimum absolute atomic E-state index is 0.0333. The third-order valence-corrected chi connectivity index (χ3v) is 6.07. The van der Waals surface area contributed by atoms with Crippen molar-refractivity contribution >= 4 is 5.91 Å². The molecule has 0 N–H and O–H groups in total. The van der Waals surface area contributed by atoms with Crippen molar-refractivity contribution in [1.29, 1.82) is 0 Å². The van der Waals surface area contributed by atoms with Crippen LogP contribution in [0.25, 0.3) is 0 Å². The highest BCUT2D eigenvalue weighted by atomic mass is 16.5. The number of amides is 1. The summed E-state index contributed by atoms with van der Waals surface area (Å²) in [6, 6.07) is 9.04. The number of carbonyl (C=O) groups excluding carboxylic acids is 1.